The van der Waals surface area contributed by atoms with Gasteiger partial charge in [-0.1, -0.05) is 42.5 Å². The van der Waals surface area contributed by atoms with Gasteiger partial charge in [0.15, 0.2) is 11.6 Å². The molecule has 2 aliphatic heterocycles. The molecule has 1 unspecified atom stereocenters. The number of nitrogens with one attached hydrogen (secondary N) is 1. The van der Waals surface area contributed by atoms with Crippen LogP contribution in [0.2, 0.25) is 0 Å². The number of pyridine rings is 1. The summed E-state index contributed by atoms with van der Waals surface area (Å²) in [5.74, 6) is 0.819. The third kappa shape index (κ3) is 6.49. The van der Waals surface area contributed by atoms with Gasteiger partial charge in [0, 0.05) is 37.4 Å². The second kappa shape index (κ2) is 12.0. The Bertz CT molecular complexity index is 1500. The van der Waals surface area contributed by atoms with Crippen LogP contribution in [0.25, 0.3) is 0 Å². The average Bonchev–Trinajstić information content (AvgIpc) is 2.99. The summed E-state index contributed by atoms with van der Waals surface area (Å²) in [6.07, 6.45) is -0.237. The first-order chi connectivity index (χ1) is 20.4. The van der Waals surface area contributed by atoms with Crippen molar-refractivity contribution in [3.8, 4) is 0 Å². The minimum Gasteiger partial charge on any atom is -0.444 e. The molecule has 10 heteroatoms. The van der Waals surface area contributed by atoms with Gasteiger partial charge in [-0.15, -0.1) is 0 Å². The number of nitrogens with zero attached hydrogens (tertiary/aromatic N) is 4. The Morgan fingerprint density at radius 2 is 1.72 bits per heavy atom. The molecule has 1 saturated heterocycles. The summed E-state index contributed by atoms with van der Waals surface area (Å²) < 4.78 is 5.55. The van der Waals surface area contributed by atoms with Gasteiger partial charge in [-0.2, -0.15) is 0 Å². The van der Waals surface area contributed by atoms with E-state index in [1.165, 1.54) is 0 Å². The van der Waals surface area contributed by atoms with Crippen LogP contribution in [-0.4, -0.2) is 70.6 Å². The van der Waals surface area contributed by atoms with Gasteiger partial charge >= 0.3 is 6.09 Å². The third-order valence-electron chi connectivity index (χ3n) is 7.86. The number of aliphatic hydroxyl groups is 1. The van der Waals surface area contributed by atoms with Gasteiger partial charge in [0.25, 0.3) is 0 Å². The number of rotatable bonds is 6. The van der Waals surface area contributed by atoms with Crippen LogP contribution in [-0.2, 0) is 9.53 Å². The van der Waals surface area contributed by atoms with Crippen LogP contribution in [0, 0.1) is 0 Å². The number of hydrogen-bond acceptors (Lipinski definition) is 8. The van der Waals surface area contributed by atoms with Crippen molar-refractivity contribution in [2.45, 2.75) is 64.3 Å². The number of fused-ring (bicyclic) bond motifs is 1. The van der Waals surface area contributed by atoms with Crippen LogP contribution < -0.4 is 15.1 Å². The molecule has 226 valence electrons. The van der Waals surface area contributed by atoms with E-state index < -0.39 is 23.5 Å². The van der Waals surface area contributed by atoms with E-state index in [1.54, 1.807) is 65.4 Å². The predicted molar refractivity (Wildman–Crippen MR) is 166 cm³/mol. The highest BCUT2D eigenvalue weighted by molar-refractivity contribution is 6.04. The number of hydrogen-bond donors (Lipinski definition) is 2. The lowest BCUT2D eigenvalue weighted by Crippen LogP contribution is -2.57. The van der Waals surface area contributed by atoms with Crippen molar-refractivity contribution in [2.24, 2.45) is 0 Å². The minimum absolute atomic E-state index is 0.00765. The number of likely N-dealkylation sites (tertiary alicyclic amines) is 1. The van der Waals surface area contributed by atoms with Crippen LogP contribution in [0.1, 0.15) is 62.6 Å². The number of carbonyl (C=O) groups is 3. The van der Waals surface area contributed by atoms with Crippen LogP contribution in [0.4, 0.5) is 27.8 Å². The Kier molecular flexibility index (Phi) is 8.41. The number of piperidine rings is 1. The molecule has 2 aromatic carbocycles. The van der Waals surface area contributed by atoms with Crippen LogP contribution in [0.3, 0.4) is 0 Å². The predicted octanol–water partition coefficient (Wildman–Crippen LogP) is 5.31. The molecule has 5 rings (SSSR count). The summed E-state index contributed by atoms with van der Waals surface area (Å²) in [5.41, 5.74) is 1.69. The zero-order chi connectivity index (χ0) is 30.9. The fourth-order valence-corrected chi connectivity index (χ4v) is 5.65. The number of amides is 2. The normalized spacial score (nSPS) is 18.2. The summed E-state index contributed by atoms with van der Waals surface area (Å²) in [7, 11) is 1.75. The van der Waals surface area contributed by atoms with Crippen molar-refractivity contribution < 1.29 is 24.2 Å². The van der Waals surface area contributed by atoms with E-state index in [9.17, 15) is 19.5 Å². The van der Waals surface area contributed by atoms with E-state index in [4.69, 9.17) is 9.72 Å². The van der Waals surface area contributed by atoms with Gasteiger partial charge in [0.05, 0.1) is 5.69 Å². The molecule has 0 saturated carbocycles. The standard InChI is InChI=1S/C33H39N5O5/c1-21-31(41)36(5)26-14-15-27(34-24-13-9-12-23(20-24)29(40)28(39)22-10-7-6-8-11-22)35-30(26)38(21)25-16-18-37(19-17-25)32(42)43-33(2,3)4/h6-15,20-21,25,28,39H,16-19H2,1-5H3,(H,34,35)/t21-,28?/m1/s1. The Hall–Kier alpha value is -4.44. The highest BCUT2D eigenvalue weighted by Crippen LogP contribution is 2.38. The maximum Gasteiger partial charge on any atom is 0.410 e. The molecule has 2 aliphatic rings. The molecule has 2 amide bonds. The largest absolute Gasteiger partial charge is 0.444 e. The number of aromatic nitrogens is 1. The summed E-state index contributed by atoms with van der Waals surface area (Å²) >= 11 is 0. The Balaban J connectivity index is 1.36. The topological polar surface area (TPSA) is 115 Å². The van der Waals surface area contributed by atoms with Gasteiger partial charge in [-0.05, 0) is 70.4 Å². The quantitative estimate of drug-likeness (QED) is 0.374. The lowest BCUT2D eigenvalue weighted by molar-refractivity contribution is -0.119. The van der Waals surface area contributed by atoms with Crippen molar-refractivity contribution in [3.63, 3.8) is 0 Å². The fraction of sp³-hybridized carbons (Fsp3) is 0.394. The summed E-state index contributed by atoms with van der Waals surface area (Å²) in [6.45, 7) is 8.49. The number of likely N-dealkylation sites (N-methyl/N-ethyl adjacent to an activating group) is 1. The zero-order valence-electron chi connectivity index (χ0n) is 25.3. The van der Waals surface area contributed by atoms with E-state index in [0.717, 1.165) is 0 Å². The third-order valence-corrected chi connectivity index (χ3v) is 7.86. The number of anilines is 4. The molecule has 0 radical (unpaired) electrons. The van der Waals surface area contributed by atoms with Crippen LogP contribution in [0.15, 0.2) is 66.7 Å². The number of ketones is 1. The van der Waals surface area contributed by atoms with Crippen molar-refractivity contribution in [1.29, 1.82) is 0 Å². The second-order valence-corrected chi connectivity index (χ2v) is 12.1. The minimum atomic E-state index is -1.26. The van der Waals surface area contributed by atoms with Crippen molar-refractivity contribution in [3.05, 3.63) is 77.9 Å². The first kappa shape index (κ1) is 30.0. The summed E-state index contributed by atoms with van der Waals surface area (Å²) in [5, 5.41) is 13.9. The molecule has 3 heterocycles. The molecule has 2 N–H and O–H groups in total. The number of carbonyl (C=O) groups excluding carboxylic acids is 3. The molecule has 10 nitrogen and oxygen atoms in total. The van der Waals surface area contributed by atoms with Crippen LogP contribution in [0.5, 0.6) is 0 Å². The van der Waals surface area contributed by atoms with Gasteiger partial charge < -0.3 is 29.9 Å². The first-order valence-corrected chi connectivity index (χ1v) is 14.6. The number of aliphatic hydroxyl groups excluding tert-OH is 1. The van der Waals surface area contributed by atoms with Gasteiger partial charge in [-0.3, -0.25) is 9.59 Å². The molecule has 1 aromatic heterocycles. The maximum absolute atomic E-state index is 13.2. The second-order valence-electron chi connectivity index (χ2n) is 12.1. The van der Waals surface area contributed by atoms with Crippen molar-refractivity contribution in [2.75, 3.05) is 35.3 Å². The number of ether oxygens (including phenoxy) is 1. The number of Topliss-reactive ketones (excluding diaryl/α,β-unsaturated/α-hetero) is 1. The van der Waals surface area contributed by atoms with E-state index in [0.29, 0.717) is 60.1 Å². The number of benzene rings is 2. The molecule has 0 spiro atoms. The molecule has 43 heavy (non-hydrogen) atoms. The van der Waals surface area contributed by atoms with Crippen molar-refractivity contribution >= 4 is 40.8 Å². The lowest BCUT2D eigenvalue weighted by atomic mass is 9.99. The van der Waals surface area contributed by atoms with E-state index in [-0.39, 0.29) is 18.0 Å². The van der Waals surface area contributed by atoms with E-state index in [1.807, 2.05) is 45.9 Å². The highest BCUT2D eigenvalue weighted by atomic mass is 16.6. The van der Waals surface area contributed by atoms with Crippen LogP contribution >= 0.6 is 0 Å². The van der Waals surface area contributed by atoms with Gasteiger partial charge in [0.2, 0.25) is 5.91 Å². The van der Waals surface area contributed by atoms with E-state index in [2.05, 4.69) is 10.2 Å². The average molecular weight is 586 g/mol. The fourth-order valence-electron chi connectivity index (χ4n) is 5.65. The smallest absolute Gasteiger partial charge is 0.410 e. The maximum atomic E-state index is 13.2. The van der Waals surface area contributed by atoms with Gasteiger partial charge in [-0.25, -0.2) is 9.78 Å². The van der Waals surface area contributed by atoms with Gasteiger partial charge in [0.1, 0.15) is 23.6 Å². The summed E-state index contributed by atoms with van der Waals surface area (Å²) in [4.78, 5) is 49.2. The molecule has 3 aromatic rings. The molecule has 0 bridgehead atoms. The Morgan fingerprint density at radius 3 is 2.40 bits per heavy atom. The monoisotopic (exact) mass is 585 g/mol. The molecule has 2 atom stereocenters. The summed E-state index contributed by atoms with van der Waals surface area (Å²) in [6, 6.07) is 19.0. The first-order valence-electron chi connectivity index (χ1n) is 14.6. The molecule has 1 fully saturated rings. The Labute approximate surface area is 252 Å². The Morgan fingerprint density at radius 1 is 1.02 bits per heavy atom. The molecular weight excluding hydrogens is 546 g/mol. The zero-order valence-corrected chi connectivity index (χ0v) is 25.3. The van der Waals surface area contributed by atoms with Crippen molar-refractivity contribution in [1.82, 2.24) is 9.88 Å². The lowest BCUT2D eigenvalue weighted by Gasteiger charge is -2.46. The molecular formula is C33H39N5O5. The molecule has 0 aliphatic carbocycles. The highest BCUT2D eigenvalue weighted by Gasteiger charge is 2.40. The van der Waals surface area contributed by atoms with E-state index >= 15 is 0 Å². The SMILES string of the molecule is C[C@@H]1C(=O)N(C)c2ccc(Nc3cccc(C(=O)C(O)c4ccccc4)c3)nc2N1C1CCN(C(=O)OC(C)(C)C)CC1.